The minimum atomic E-state index is -0.332. The summed E-state index contributed by atoms with van der Waals surface area (Å²) in [6.45, 7) is 1.34. The molecule has 4 heterocycles. The number of fused-ring (bicyclic) bond motifs is 4. The van der Waals surface area contributed by atoms with Crippen LogP contribution in [0.2, 0.25) is 10.0 Å². The van der Waals surface area contributed by atoms with Gasteiger partial charge < -0.3 is 14.2 Å². The van der Waals surface area contributed by atoms with Gasteiger partial charge in [0.1, 0.15) is 6.04 Å². The largest absolute Gasteiger partial charge is 0.377 e. The molecular formula is C17H13Cl2N5O2S. The molecule has 2 aliphatic heterocycles. The van der Waals surface area contributed by atoms with Gasteiger partial charge in [0.25, 0.3) is 5.91 Å². The topological polar surface area (TPSA) is 73.1 Å². The van der Waals surface area contributed by atoms with Crippen LogP contribution in [0.5, 0.6) is 0 Å². The fraction of sp³-hybridized carbons (Fsp3) is 0.294. The summed E-state index contributed by atoms with van der Waals surface area (Å²) in [6.07, 6.45) is 1.74. The van der Waals surface area contributed by atoms with E-state index >= 15 is 0 Å². The highest BCUT2D eigenvalue weighted by molar-refractivity contribution is 7.13. The van der Waals surface area contributed by atoms with Crippen molar-refractivity contribution in [1.82, 2.24) is 24.6 Å². The van der Waals surface area contributed by atoms with Crippen molar-refractivity contribution < 1.29 is 9.53 Å². The fourth-order valence-corrected chi connectivity index (χ4v) is 4.64. The van der Waals surface area contributed by atoms with Crippen LogP contribution in [0.3, 0.4) is 0 Å². The second-order valence-electron chi connectivity index (χ2n) is 6.35. The summed E-state index contributed by atoms with van der Waals surface area (Å²) < 4.78 is 7.76. The van der Waals surface area contributed by atoms with E-state index in [0.29, 0.717) is 36.2 Å². The molecule has 7 nitrogen and oxygen atoms in total. The maximum absolute atomic E-state index is 13.3. The number of aromatic nitrogens is 4. The van der Waals surface area contributed by atoms with E-state index in [9.17, 15) is 4.79 Å². The zero-order chi connectivity index (χ0) is 18.5. The molecule has 0 saturated carbocycles. The van der Waals surface area contributed by atoms with Crippen LogP contribution in [0, 0.1) is 0 Å². The van der Waals surface area contributed by atoms with Crippen molar-refractivity contribution in [2.45, 2.75) is 18.6 Å². The highest BCUT2D eigenvalue weighted by Gasteiger charge is 2.44. The van der Waals surface area contributed by atoms with Gasteiger partial charge in [-0.05, 0) is 12.1 Å². The predicted molar refractivity (Wildman–Crippen MR) is 101 cm³/mol. The Morgan fingerprint density at radius 3 is 2.96 bits per heavy atom. The minimum absolute atomic E-state index is 0.145. The highest BCUT2D eigenvalue weighted by Crippen LogP contribution is 2.37. The number of carbonyl (C=O) groups is 1. The van der Waals surface area contributed by atoms with Crippen molar-refractivity contribution in [2.75, 3.05) is 13.2 Å². The number of hydrogen-bond donors (Lipinski definition) is 0. The molecule has 10 heteroatoms. The van der Waals surface area contributed by atoms with E-state index < -0.39 is 0 Å². The number of nitrogens with zero attached hydrogens (tertiary/aromatic N) is 5. The number of carbonyl (C=O) groups excluding carboxylic acids is 1. The first-order valence-corrected chi connectivity index (χ1v) is 9.96. The lowest BCUT2D eigenvalue weighted by Crippen LogP contribution is -2.56. The van der Waals surface area contributed by atoms with Crippen molar-refractivity contribution in [3.8, 4) is 10.8 Å². The molecular weight excluding hydrogens is 409 g/mol. The van der Waals surface area contributed by atoms with E-state index in [1.165, 1.54) is 11.3 Å². The van der Waals surface area contributed by atoms with Crippen LogP contribution < -0.4 is 0 Å². The van der Waals surface area contributed by atoms with E-state index in [-0.39, 0.29) is 23.0 Å². The maximum Gasteiger partial charge on any atom is 0.256 e. The number of thiazole rings is 1. The first-order chi connectivity index (χ1) is 13.1. The van der Waals surface area contributed by atoms with Crippen LogP contribution in [-0.2, 0) is 11.3 Å². The standard InChI is InChI=1S/C17H13Cl2N5O2S/c18-11-3-1-2-10(13(11)19)17(25)24-9-6-23-14(12(24)8-26-7-9)21-22-15(23)16-20-4-5-27-16/h1-5,9,12H,6-8H2. The van der Waals surface area contributed by atoms with Gasteiger partial charge in [-0.25, -0.2) is 4.98 Å². The van der Waals surface area contributed by atoms with Crippen LogP contribution in [0.15, 0.2) is 29.8 Å². The number of hydrogen-bond acceptors (Lipinski definition) is 6. The molecule has 0 spiro atoms. The van der Waals surface area contributed by atoms with Gasteiger partial charge in [-0.2, -0.15) is 0 Å². The Bertz CT molecular complexity index is 1020. The molecule has 1 aromatic carbocycles. The third-order valence-corrected chi connectivity index (χ3v) is 6.41. The molecule has 5 rings (SSSR count). The van der Waals surface area contributed by atoms with Gasteiger partial charge in [-0.3, -0.25) is 4.79 Å². The number of morpholine rings is 1. The lowest BCUT2D eigenvalue weighted by molar-refractivity contribution is -0.0569. The number of halogens is 2. The molecule has 27 heavy (non-hydrogen) atoms. The molecule has 1 amide bonds. The molecule has 0 aliphatic carbocycles. The van der Waals surface area contributed by atoms with Gasteiger partial charge in [-0.15, -0.1) is 21.5 Å². The molecule has 1 fully saturated rings. The average Bonchev–Trinajstić information content (AvgIpc) is 3.32. The van der Waals surface area contributed by atoms with Gasteiger partial charge in [0.05, 0.1) is 34.9 Å². The molecule has 0 radical (unpaired) electrons. The highest BCUT2D eigenvalue weighted by atomic mass is 35.5. The van der Waals surface area contributed by atoms with Crippen molar-refractivity contribution in [3.05, 3.63) is 51.2 Å². The van der Waals surface area contributed by atoms with Gasteiger partial charge in [0, 0.05) is 18.1 Å². The lowest BCUT2D eigenvalue weighted by Gasteiger charge is -2.45. The molecule has 2 bridgehead atoms. The van der Waals surface area contributed by atoms with Crippen molar-refractivity contribution in [2.24, 2.45) is 0 Å². The van der Waals surface area contributed by atoms with Crippen LogP contribution in [-0.4, -0.2) is 49.8 Å². The first-order valence-electron chi connectivity index (χ1n) is 8.32. The molecule has 1 saturated heterocycles. The Morgan fingerprint density at radius 2 is 2.15 bits per heavy atom. The Morgan fingerprint density at radius 1 is 1.26 bits per heavy atom. The monoisotopic (exact) mass is 421 g/mol. The molecule has 2 aromatic heterocycles. The maximum atomic E-state index is 13.3. The van der Waals surface area contributed by atoms with Crippen molar-refractivity contribution >= 4 is 40.4 Å². The summed E-state index contributed by atoms with van der Waals surface area (Å²) >= 11 is 13.9. The second-order valence-corrected chi connectivity index (χ2v) is 8.03. The number of benzene rings is 1. The SMILES string of the molecule is O=C(c1cccc(Cl)c1Cl)N1C2COCC1c1nnc(-c3nccs3)n1C2. The summed E-state index contributed by atoms with van der Waals surface area (Å²) in [6, 6.07) is 4.60. The summed E-state index contributed by atoms with van der Waals surface area (Å²) in [7, 11) is 0. The lowest BCUT2D eigenvalue weighted by atomic mass is 10.0. The third kappa shape index (κ3) is 2.67. The van der Waals surface area contributed by atoms with Crippen LogP contribution >= 0.6 is 34.5 Å². The minimum Gasteiger partial charge on any atom is -0.377 e. The van der Waals surface area contributed by atoms with Gasteiger partial charge in [0.2, 0.25) is 0 Å². The third-order valence-electron chi connectivity index (χ3n) is 4.83. The van der Waals surface area contributed by atoms with E-state index in [0.717, 1.165) is 10.8 Å². The van der Waals surface area contributed by atoms with E-state index in [1.807, 2.05) is 9.95 Å². The molecule has 0 N–H and O–H groups in total. The zero-order valence-electron chi connectivity index (χ0n) is 13.9. The van der Waals surface area contributed by atoms with Crippen molar-refractivity contribution in [3.63, 3.8) is 0 Å². The van der Waals surface area contributed by atoms with Crippen LogP contribution in [0.4, 0.5) is 0 Å². The Balaban J connectivity index is 1.57. The van der Waals surface area contributed by atoms with Crippen molar-refractivity contribution in [1.29, 1.82) is 0 Å². The second kappa shape index (κ2) is 6.56. The Labute approximate surface area is 168 Å². The van der Waals surface area contributed by atoms with Crippen LogP contribution in [0.1, 0.15) is 22.2 Å². The Kier molecular flexibility index (Phi) is 4.16. The summed E-state index contributed by atoms with van der Waals surface area (Å²) in [5.74, 6) is 1.25. The van der Waals surface area contributed by atoms with Crippen LogP contribution in [0.25, 0.3) is 10.8 Å². The average molecular weight is 422 g/mol. The van der Waals surface area contributed by atoms with E-state index in [4.69, 9.17) is 27.9 Å². The molecule has 3 aromatic rings. The number of amides is 1. The van der Waals surface area contributed by atoms with E-state index in [2.05, 4.69) is 15.2 Å². The predicted octanol–water partition coefficient (Wildman–Crippen LogP) is 3.30. The quantitative estimate of drug-likeness (QED) is 0.634. The smallest absolute Gasteiger partial charge is 0.256 e. The Hall–Kier alpha value is -2.00. The number of ether oxygens (including phenoxy) is 1. The van der Waals surface area contributed by atoms with E-state index in [1.54, 1.807) is 29.3 Å². The summed E-state index contributed by atoms with van der Waals surface area (Å²) in [5.41, 5.74) is 0.383. The fourth-order valence-electron chi connectivity index (χ4n) is 3.63. The first kappa shape index (κ1) is 17.1. The van der Waals surface area contributed by atoms with Gasteiger partial charge in [0.15, 0.2) is 16.7 Å². The molecule has 2 aliphatic rings. The number of rotatable bonds is 2. The summed E-state index contributed by atoms with van der Waals surface area (Å²) in [5, 5.41) is 12.0. The normalized spacial score (nSPS) is 21.2. The molecule has 138 valence electrons. The van der Waals surface area contributed by atoms with Gasteiger partial charge >= 0.3 is 0 Å². The van der Waals surface area contributed by atoms with Gasteiger partial charge in [-0.1, -0.05) is 29.3 Å². The zero-order valence-corrected chi connectivity index (χ0v) is 16.2. The summed E-state index contributed by atoms with van der Waals surface area (Å²) in [4.78, 5) is 19.4. The molecule has 2 unspecified atom stereocenters. The molecule has 2 atom stereocenters.